The van der Waals surface area contributed by atoms with E-state index >= 15 is 0 Å². The molecular formula is C16H13F3N4O2. The maximum atomic E-state index is 12.9. The Balaban J connectivity index is 2.09. The number of halogens is 3. The highest BCUT2D eigenvalue weighted by Gasteiger charge is 2.34. The molecule has 1 unspecified atom stereocenters. The van der Waals surface area contributed by atoms with E-state index in [1.165, 1.54) is 36.1 Å². The van der Waals surface area contributed by atoms with Gasteiger partial charge in [0.1, 0.15) is 24.0 Å². The molecule has 25 heavy (non-hydrogen) atoms. The smallest absolute Gasteiger partial charge is 0.417 e. The summed E-state index contributed by atoms with van der Waals surface area (Å²) in [7, 11) is 0. The second kappa shape index (κ2) is 6.83. The standard InChI is InChI=1S/C16H13F3N4O2/c1-15(24,9-23-8-11(5-20)7-22-23)10-25-13-3-2-12(6-21)14(4-13)16(17,18)19/h2-4,7-8,24H,9-10H2,1H3. The predicted molar refractivity (Wildman–Crippen MR) is 79.2 cm³/mol. The van der Waals surface area contributed by atoms with Crippen molar-refractivity contribution in [1.82, 2.24) is 9.78 Å². The SMILES string of the molecule is CC(O)(COc1ccc(C#N)c(C(F)(F)F)c1)Cn1cc(C#N)cn1. The Hall–Kier alpha value is -3.04. The zero-order valence-corrected chi connectivity index (χ0v) is 13.1. The third kappa shape index (κ3) is 4.72. The van der Waals surface area contributed by atoms with Gasteiger partial charge in [0.15, 0.2) is 0 Å². The molecule has 0 aliphatic heterocycles. The molecule has 0 radical (unpaired) electrons. The third-order valence-corrected chi connectivity index (χ3v) is 3.23. The maximum absolute atomic E-state index is 12.9. The summed E-state index contributed by atoms with van der Waals surface area (Å²) in [4.78, 5) is 0. The van der Waals surface area contributed by atoms with Crippen molar-refractivity contribution < 1.29 is 23.0 Å². The number of rotatable bonds is 5. The Kier molecular flexibility index (Phi) is 5.00. The van der Waals surface area contributed by atoms with E-state index in [2.05, 4.69) is 5.10 Å². The summed E-state index contributed by atoms with van der Waals surface area (Å²) in [5, 5.41) is 31.7. The van der Waals surface area contributed by atoms with Gasteiger partial charge in [0.05, 0.1) is 35.5 Å². The second-order valence-electron chi connectivity index (χ2n) is 5.64. The summed E-state index contributed by atoms with van der Waals surface area (Å²) in [6.45, 7) is 1.10. The Morgan fingerprint density at radius 2 is 2.00 bits per heavy atom. The van der Waals surface area contributed by atoms with Crippen molar-refractivity contribution in [2.75, 3.05) is 6.61 Å². The van der Waals surface area contributed by atoms with E-state index < -0.39 is 22.9 Å². The first-order chi connectivity index (χ1) is 11.6. The normalized spacial score (nSPS) is 13.6. The molecule has 1 atom stereocenters. The monoisotopic (exact) mass is 350 g/mol. The zero-order chi connectivity index (χ0) is 18.7. The number of benzene rings is 1. The fourth-order valence-electron chi connectivity index (χ4n) is 2.09. The number of ether oxygens (including phenoxy) is 1. The largest absolute Gasteiger partial charge is 0.491 e. The van der Waals surface area contributed by atoms with Gasteiger partial charge in [-0.05, 0) is 25.1 Å². The van der Waals surface area contributed by atoms with E-state index in [0.717, 1.165) is 12.1 Å². The highest BCUT2D eigenvalue weighted by molar-refractivity contribution is 5.44. The molecule has 0 aliphatic carbocycles. The highest BCUT2D eigenvalue weighted by Crippen LogP contribution is 2.34. The predicted octanol–water partition coefficient (Wildman–Crippen LogP) is 2.48. The molecule has 130 valence electrons. The molecule has 1 N–H and O–H groups in total. The van der Waals surface area contributed by atoms with Crippen molar-refractivity contribution in [1.29, 1.82) is 10.5 Å². The Bertz CT molecular complexity index is 844. The summed E-state index contributed by atoms with van der Waals surface area (Å²) in [6, 6.07) is 6.33. The van der Waals surface area contributed by atoms with Gasteiger partial charge in [-0.1, -0.05) is 0 Å². The average Bonchev–Trinajstić information content (AvgIpc) is 2.98. The summed E-state index contributed by atoms with van der Waals surface area (Å²) >= 11 is 0. The fourth-order valence-corrected chi connectivity index (χ4v) is 2.09. The van der Waals surface area contributed by atoms with Gasteiger partial charge in [0.2, 0.25) is 0 Å². The molecule has 0 amide bonds. The van der Waals surface area contributed by atoms with Crippen LogP contribution in [0.2, 0.25) is 0 Å². The highest BCUT2D eigenvalue weighted by atomic mass is 19.4. The van der Waals surface area contributed by atoms with Crippen LogP contribution in [0.1, 0.15) is 23.6 Å². The van der Waals surface area contributed by atoms with Gasteiger partial charge >= 0.3 is 6.18 Å². The minimum atomic E-state index is -4.68. The van der Waals surface area contributed by atoms with Crippen LogP contribution in [0.15, 0.2) is 30.6 Å². The maximum Gasteiger partial charge on any atom is 0.417 e. The lowest BCUT2D eigenvalue weighted by molar-refractivity contribution is -0.137. The molecule has 0 saturated heterocycles. The lowest BCUT2D eigenvalue weighted by Gasteiger charge is -2.23. The number of alkyl halides is 3. The molecule has 1 aromatic carbocycles. The van der Waals surface area contributed by atoms with Crippen LogP contribution in [0.25, 0.3) is 0 Å². The molecule has 0 spiro atoms. The van der Waals surface area contributed by atoms with Crippen molar-refractivity contribution >= 4 is 0 Å². The van der Waals surface area contributed by atoms with Gasteiger partial charge in [-0.25, -0.2) is 0 Å². The van der Waals surface area contributed by atoms with Crippen LogP contribution in [0.4, 0.5) is 13.2 Å². The molecule has 6 nitrogen and oxygen atoms in total. The first kappa shape index (κ1) is 18.3. The number of hydrogen-bond acceptors (Lipinski definition) is 5. The molecule has 0 aliphatic rings. The molecule has 0 fully saturated rings. The van der Waals surface area contributed by atoms with Crippen LogP contribution in [0, 0.1) is 22.7 Å². The van der Waals surface area contributed by atoms with Gasteiger partial charge in [-0.2, -0.15) is 28.8 Å². The van der Waals surface area contributed by atoms with Crippen LogP contribution in [0.3, 0.4) is 0 Å². The van der Waals surface area contributed by atoms with E-state index in [1.807, 2.05) is 6.07 Å². The summed E-state index contributed by atoms with van der Waals surface area (Å²) in [5.41, 5.74) is -2.73. The summed E-state index contributed by atoms with van der Waals surface area (Å²) in [5.74, 6) is -0.121. The average molecular weight is 350 g/mol. The Morgan fingerprint density at radius 3 is 2.56 bits per heavy atom. The first-order valence-corrected chi connectivity index (χ1v) is 7.04. The number of nitriles is 2. The third-order valence-electron chi connectivity index (χ3n) is 3.23. The van der Waals surface area contributed by atoms with E-state index in [4.69, 9.17) is 15.3 Å². The van der Waals surface area contributed by atoms with Gasteiger partial charge in [-0.15, -0.1) is 0 Å². The Morgan fingerprint density at radius 1 is 1.28 bits per heavy atom. The summed E-state index contributed by atoms with van der Waals surface area (Å²) in [6.07, 6.45) is -1.93. The quantitative estimate of drug-likeness (QED) is 0.894. The van der Waals surface area contributed by atoms with Crippen molar-refractivity contribution in [2.45, 2.75) is 25.2 Å². The van der Waals surface area contributed by atoms with Crippen LogP contribution in [0.5, 0.6) is 5.75 Å². The molecule has 9 heteroatoms. The van der Waals surface area contributed by atoms with Crippen molar-refractivity contribution in [2.24, 2.45) is 0 Å². The number of aliphatic hydroxyl groups is 1. The topological polar surface area (TPSA) is 94.9 Å². The van der Waals surface area contributed by atoms with Crippen LogP contribution in [-0.2, 0) is 12.7 Å². The molecular weight excluding hydrogens is 337 g/mol. The van der Waals surface area contributed by atoms with Crippen LogP contribution < -0.4 is 4.74 Å². The molecule has 2 rings (SSSR count). The van der Waals surface area contributed by atoms with Gasteiger partial charge < -0.3 is 9.84 Å². The molecule has 1 heterocycles. The number of nitrogens with zero attached hydrogens (tertiary/aromatic N) is 4. The number of aromatic nitrogens is 2. The molecule has 2 aromatic rings. The van der Waals surface area contributed by atoms with E-state index in [1.54, 1.807) is 0 Å². The molecule has 1 aromatic heterocycles. The fraction of sp³-hybridized carbons (Fsp3) is 0.312. The first-order valence-electron chi connectivity index (χ1n) is 7.04. The second-order valence-corrected chi connectivity index (χ2v) is 5.64. The zero-order valence-electron chi connectivity index (χ0n) is 13.1. The summed E-state index contributed by atoms with van der Waals surface area (Å²) < 4.78 is 45.3. The molecule has 0 saturated carbocycles. The minimum Gasteiger partial charge on any atom is -0.491 e. The van der Waals surface area contributed by atoms with E-state index in [0.29, 0.717) is 5.56 Å². The lowest BCUT2D eigenvalue weighted by Crippen LogP contribution is -2.37. The van der Waals surface area contributed by atoms with Gasteiger partial charge in [0.25, 0.3) is 0 Å². The van der Waals surface area contributed by atoms with E-state index in [-0.39, 0.29) is 18.9 Å². The van der Waals surface area contributed by atoms with Crippen molar-refractivity contribution in [3.8, 4) is 17.9 Å². The Labute approximate surface area is 141 Å². The molecule has 0 bridgehead atoms. The van der Waals surface area contributed by atoms with Crippen molar-refractivity contribution in [3.63, 3.8) is 0 Å². The van der Waals surface area contributed by atoms with Gasteiger partial charge in [-0.3, -0.25) is 4.68 Å². The van der Waals surface area contributed by atoms with Crippen LogP contribution >= 0.6 is 0 Å². The van der Waals surface area contributed by atoms with Crippen LogP contribution in [-0.4, -0.2) is 27.1 Å². The number of hydrogen-bond donors (Lipinski definition) is 1. The van der Waals surface area contributed by atoms with Gasteiger partial charge in [0, 0.05) is 6.20 Å². The minimum absolute atomic E-state index is 0.0168. The van der Waals surface area contributed by atoms with Crippen molar-refractivity contribution in [3.05, 3.63) is 47.3 Å². The van der Waals surface area contributed by atoms with E-state index in [9.17, 15) is 18.3 Å². The lowest BCUT2D eigenvalue weighted by atomic mass is 10.1.